The summed E-state index contributed by atoms with van der Waals surface area (Å²) in [4.78, 5) is 10.6. The molecule has 0 saturated carbocycles. The Bertz CT molecular complexity index is 640. The van der Waals surface area contributed by atoms with E-state index in [4.69, 9.17) is 33.4 Å². The van der Waals surface area contributed by atoms with Crippen LogP contribution in [0.5, 0.6) is 0 Å². The quantitative estimate of drug-likeness (QED) is 0.866. The number of benzene rings is 1. The fraction of sp³-hybridized carbons (Fsp3) is 0.300. The van der Waals surface area contributed by atoms with Crippen LogP contribution in [-0.4, -0.2) is 48.1 Å². The highest BCUT2D eigenvalue weighted by Crippen LogP contribution is 2.33. The minimum atomic E-state index is -3.95. The van der Waals surface area contributed by atoms with Crippen LogP contribution >= 0.6 is 23.2 Å². The molecule has 1 aliphatic heterocycles. The van der Waals surface area contributed by atoms with Gasteiger partial charge in [0.25, 0.3) is 0 Å². The number of sulfonamides is 1. The van der Waals surface area contributed by atoms with E-state index in [1.807, 2.05) is 0 Å². The van der Waals surface area contributed by atoms with E-state index >= 15 is 0 Å². The molecule has 0 radical (unpaired) electrons. The Morgan fingerprint density at radius 2 is 1.89 bits per heavy atom. The third-order valence-corrected chi connectivity index (χ3v) is 5.27. The first-order valence-electron chi connectivity index (χ1n) is 5.14. The van der Waals surface area contributed by atoms with Crippen molar-refractivity contribution in [2.75, 3.05) is 13.1 Å². The van der Waals surface area contributed by atoms with Crippen LogP contribution in [0.25, 0.3) is 0 Å². The third kappa shape index (κ3) is 2.56. The van der Waals surface area contributed by atoms with Crippen LogP contribution in [0.15, 0.2) is 17.0 Å². The molecule has 1 heterocycles. The molecule has 0 spiro atoms. The van der Waals surface area contributed by atoms with Crippen LogP contribution in [0.2, 0.25) is 10.0 Å². The highest BCUT2D eigenvalue weighted by molar-refractivity contribution is 7.89. The minimum absolute atomic E-state index is 0.0403. The van der Waals surface area contributed by atoms with Crippen molar-refractivity contribution in [2.24, 2.45) is 0 Å². The van der Waals surface area contributed by atoms with Crippen LogP contribution in [0.3, 0.4) is 0 Å². The van der Waals surface area contributed by atoms with E-state index < -0.39 is 27.1 Å². The zero-order chi connectivity index (χ0) is 14.4. The number of carbonyl (C=O) groups is 1. The van der Waals surface area contributed by atoms with Gasteiger partial charge in [-0.2, -0.15) is 4.31 Å². The molecule has 2 rings (SSSR count). The molecule has 1 fully saturated rings. The van der Waals surface area contributed by atoms with E-state index in [0.717, 1.165) is 16.4 Å². The first-order valence-corrected chi connectivity index (χ1v) is 7.33. The van der Waals surface area contributed by atoms with Crippen LogP contribution in [-0.2, 0) is 10.0 Å². The summed E-state index contributed by atoms with van der Waals surface area (Å²) in [5.41, 5.74) is -0.381. The van der Waals surface area contributed by atoms with E-state index in [1.54, 1.807) is 0 Å². The largest absolute Gasteiger partial charge is 0.478 e. The topological polar surface area (TPSA) is 94.9 Å². The SMILES string of the molecule is O=C(O)c1cc(Cl)cc(S(=O)(=O)N2CC(O)C2)c1Cl. The summed E-state index contributed by atoms with van der Waals surface area (Å²) in [6, 6.07) is 2.17. The maximum atomic E-state index is 12.2. The normalized spacial score (nSPS) is 17.2. The van der Waals surface area contributed by atoms with E-state index in [2.05, 4.69) is 0 Å². The van der Waals surface area contributed by atoms with Crippen molar-refractivity contribution in [1.82, 2.24) is 4.31 Å². The monoisotopic (exact) mass is 325 g/mol. The number of aliphatic hydroxyl groups excluding tert-OH is 1. The standard InChI is InChI=1S/C10H9Cl2NO5S/c11-5-1-7(10(15)16)9(12)8(2-5)19(17,18)13-3-6(14)4-13/h1-2,6,14H,3-4H2,(H,15,16). The van der Waals surface area contributed by atoms with Gasteiger partial charge >= 0.3 is 5.97 Å². The predicted molar refractivity (Wildman–Crippen MR) is 68.2 cm³/mol. The van der Waals surface area contributed by atoms with E-state index in [9.17, 15) is 13.2 Å². The Morgan fingerprint density at radius 3 is 2.37 bits per heavy atom. The molecule has 1 aromatic rings. The highest BCUT2D eigenvalue weighted by Gasteiger charge is 2.37. The smallest absolute Gasteiger partial charge is 0.337 e. The van der Waals surface area contributed by atoms with Gasteiger partial charge in [0.1, 0.15) is 4.90 Å². The molecule has 0 amide bonds. The summed E-state index contributed by atoms with van der Waals surface area (Å²) >= 11 is 11.5. The molecule has 19 heavy (non-hydrogen) atoms. The van der Waals surface area contributed by atoms with Gasteiger partial charge in [0, 0.05) is 18.1 Å². The number of β-amino-alcohol motifs (C(OH)–C–C–N with tert-alkyl or cyclic N) is 1. The van der Waals surface area contributed by atoms with Crippen molar-refractivity contribution in [3.63, 3.8) is 0 Å². The Balaban J connectivity index is 2.54. The second kappa shape index (κ2) is 4.92. The summed E-state index contributed by atoms with van der Waals surface area (Å²) in [6.07, 6.45) is -0.716. The Kier molecular flexibility index (Phi) is 3.76. The van der Waals surface area contributed by atoms with Gasteiger partial charge in [0.2, 0.25) is 10.0 Å². The number of rotatable bonds is 3. The summed E-state index contributed by atoms with van der Waals surface area (Å²) in [5.74, 6) is -1.37. The molecule has 0 unspecified atom stereocenters. The second-order valence-electron chi connectivity index (χ2n) is 4.05. The highest BCUT2D eigenvalue weighted by atomic mass is 35.5. The number of carboxylic acids is 1. The fourth-order valence-electron chi connectivity index (χ4n) is 1.66. The fourth-order valence-corrected chi connectivity index (χ4v) is 4.05. The molecule has 1 aromatic carbocycles. The predicted octanol–water partition coefficient (Wildman–Crippen LogP) is 1.06. The van der Waals surface area contributed by atoms with Gasteiger partial charge in [-0.05, 0) is 12.1 Å². The van der Waals surface area contributed by atoms with Crippen molar-refractivity contribution in [2.45, 2.75) is 11.0 Å². The van der Waals surface area contributed by atoms with Gasteiger partial charge in [-0.15, -0.1) is 0 Å². The lowest BCUT2D eigenvalue weighted by molar-refractivity contribution is 0.0547. The summed E-state index contributed by atoms with van der Waals surface area (Å²) in [5, 5.41) is 17.6. The van der Waals surface area contributed by atoms with Crippen LogP contribution in [0.4, 0.5) is 0 Å². The van der Waals surface area contributed by atoms with Crippen molar-refractivity contribution >= 4 is 39.2 Å². The number of carboxylic acid groups (broad SMARTS) is 1. The molecule has 0 atom stereocenters. The lowest BCUT2D eigenvalue weighted by atomic mass is 10.2. The van der Waals surface area contributed by atoms with Crippen LogP contribution in [0, 0.1) is 0 Å². The molecule has 0 aliphatic carbocycles. The molecule has 9 heteroatoms. The summed E-state index contributed by atoms with van der Waals surface area (Å²) in [7, 11) is -3.95. The average molecular weight is 326 g/mol. The van der Waals surface area contributed by atoms with E-state index in [1.165, 1.54) is 0 Å². The molecule has 0 bridgehead atoms. The van der Waals surface area contributed by atoms with Gasteiger partial charge in [0.15, 0.2) is 0 Å². The zero-order valence-corrected chi connectivity index (χ0v) is 11.7. The molecule has 104 valence electrons. The molecule has 6 nitrogen and oxygen atoms in total. The van der Waals surface area contributed by atoms with Gasteiger partial charge < -0.3 is 10.2 Å². The summed E-state index contributed by atoms with van der Waals surface area (Å²) in [6.45, 7) is -0.0961. The van der Waals surface area contributed by atoms with Gasteiger partial charge in [0.05, 0.1) is 16.7 Å². The average Bonchev–Trinajstić information content (AvgIpc) is 2.27. The lowest BCUT2D eigenvalue weighted by Crippen LogP contribution is -2.53. The molecular formula is C10H9Cl2NO5S. The summed E-state index contributed by atoms with van der Waals surface area (Å²) < 4.78 is 25.4. The molecule has 1 aliphatic rings. The van der Waals surface area contributed by atoms with Crippen molar-refractivity contribution in [1.29, 1.82) is 0 Å². The van der Waals surface area contributed by atoms with Gasteiger partial charge in [-0.25, -0.2) is 13.2 Å². The van der Waals surface area contributed by atoms with Crippen molar-refractivity contribution in [3.8, 4) is 0 Å². The third-order valence-electron chi connectivity index (χ3n) is 2.68. The number of nitrogens with zero attached hydrogens (tertiary/aromatic N) is 1. The second-order valence-corrected chi connectivity index (χ2v) is 6.77. The van der Waals surface area contributed by atoms with E-state index in [0.29, 0.717) is 0 Å². The Labute approximate surface area is 119 Å². The minimum Gasteiger partial charge on any atom is -0.478 e. The Morgan fingerprint density at radius 1 is 1.32 bits per heavy atom. The van der Waals surface area contributed by atoms with Crippen LogP contribution < -0.4 is 0 Å². The molecule has 2 N–H and O–H groups in total. The number of hydrogen-bond acceptors (Lipinski definition) is 4. The molecule has 0 aromatic heterocycles. The first kappa shape index (κ1) is 14.5. The zero-order valence-electron chi connectivity index (χ0n) is 9.38. The van der Waals surface area contributed by atoms with Gasteiger partial charge in [-0.1, -0.05) is 23.2 Å². The molecular weight excluding hydrogens is 317 g/mol. The Hall–Kier alpha value is -0.860. The maximum Gasteiger partial charge on any atom is 0.337 e. The van der Waals surface area contributed by atoms with Crippen molar-refractivity contribution in [3.05, 3.63) is 27.7 Å². The maximum absolute atomic E-state index is 12.2. The first-order chi connectivity index (χ1) is 8.73. The van der Waals surface area contributed by atoms with E-state index in [-0.39, 0.29) is 28.6 Å². The number of hydrogen-bond donors (Lipinski definition) is 2. The van der Waals surface area contributed by atoms with Crippen molar-refractivity contribution < 1.29 is 23.4 Å². The van der Waals surface area contributed by atoms with Crippen LogP contribution in [0.1, 0.15) is 10.4 Å². The number of aromatic carboxylic acids is 1. The molecule has 1 saturated heterocycles. The number of halogens is 2. The van der Waals surface area contributed by atoms with Gasteiger partial charge in [-0.3, -0.25) is 0 Å². The lowest BCUT2D eigenvalue weighted by Gasteiger charge is -2.34. The number of aliphatic hydroxyl groups is 1.